The van der Waals surface area contributed by atoms with Crippen molar-refractivity contribution in [3.63, 3.8) is 0 Å². The molecule has 0 bridgehead atoms. The van der Waals surface area contributed by atoms with E-state index in [1.165, 1.54) is 0 Å². The van der Waals surface area contributed by atoms with Gasteiger partial charge in [-0.1, -0.05) is 155 Å². The SMILES string of the molecule is [Pt+2].[c-]1c(Oc2[c-]c3c(cc2)c2ccccc2n2c4ccccc4nc32)ccc2c1c1nc(-c3ccccc3)c(-c3ccccc3)n1c1ccccc21. The largest absolute Gasteiger partial charge is 2.00 e. The molecular formula is C46H26N4OPt. The summed E-state index contributed by atoms with van der Waals surface area (Å²) in [7, 11) is 0. The second-order valence-corrected chi connectivity index (χ2v) is 12.8. The molecule has 0 saturated carbocycles. The monoisotopic (exact) mass is 845 g/mol. The minimum absolute atomic E-state index is 0. The number of imidazole rings is 2. The van der Waals surface area contributed by atoms with Crippen LogP contribution in [0.15, 0.2) is 158 Å². The van der Waals surface area contributed by atoms with Gasteiger partial charge in [0.2, 0.25) is 0 Å². The number of hydrogen-bond donors (Lipinski definition) is 0. The summed E-state index contributed by atoms with van der Waals surface area (Å²) in [5.74, 6) is 1.18. The predicted molar refractivity (Wildman–Crippen MR) is 207 cm³/mol. The standard InChI is InChI=1S/C46H26N4O.Pt/c1-3-13-29(14-4-1)43-44(30-15-5-2-6-16-30)50-41-21-11-8-18-36(41)34-26-24-32(28-38(34)46(50)48-43)51-31-23-25-33-35-17-7-10-20-40(35)49-42-22-12-9-19-39(42)47-45(49)37(33)27-31;/h1-26H;/q-2;+2. The Labute approximate surface area is 312 Å². The Morgan fingerprint density at radius 1 is 0.423 bits per heavy atom. The van der Waals surface area contributed by atoms with Gasteiger partial charge in [-0.2, -0.15) is 0 Å². The molecule has 0 radical (unpaired) electrons. The Balaban J connectivity index is 0.00000338. The molecule has 11 rings (SSSR count). The Morgan fingerprint density at radius 2 is 0.923 bits per heavy atom. The van der Waals surface area contributed by atoms with Crippen molar-refractivity contribution in [2.75, 3.05) is 0 Å². The number of aromatic nitrogens is 4. The average molecular weight is 846 g/mol. The van der Waals surface area contributed by atoms with Gasteiger partial charge >= 0.3 is 21.1 Å². The number of hydrogen-bond acceptors (Lipinski definition) is 3. The van der Waals surface area contributed by atoms with E-state index < -0.39 is 0 Å². The van der Waals surface area contributed by atoms with Crippen LogP contribution < -0.4 is 4.74 Å². The van der Waals surface area contributed by atoms with Gasteiger partial charge in [-0.15, -0.1) is 12.1 Å². The summed E-state index contributed by atoms with van der Waals surface area (Å²) in [5.41, 5.74) is 9.99. The first kappa shape index (κ1) is 30.5. The number of fused-ring (bicyclic) bond motifs is 14. The molecule has 0 aliphatic rings. The van der Waals surface area contributed by atoms with E-state index in [9.17, 15) is 0 Å². The average Bonchev–Trinajstić information content (AvgIpc) is 3.80. The minimum Gasteiger partial charge on any atom is -0.497 e. The molecule has 4 heterocycles. The Bertz CT molecular complexity index is 3170. The van der Waals surface area contributed by atoms with E-state index in [-0.39, 0.29) is 21.1 Å². The number of nitrogens with zero attached hydrogens (tertiary/aromatic N) is 4. The fourth-order valence-corrected chi connectivity index (χ4v) is 7.70. The molecule has 0 fully saturated rings. The van der Waals surface area contributed by atoms with Crippen LogP contribution in [0.5, 0.6) is 11.5 Å². The van der Waals surface area contributed by atoms with Crippen molar-refractivity contribution in [3.05, 3.63) is 170 Å². The van der Waals surface area contributed by atoms with Gasteiger partial charge < -0.3 is 13.5 Å². The summed E-state index contributed by atoms with van der Waals surface area (Å²) >= 11 is 0. The number of rotatable bonds is 4. The van der Waals surface area contributed by atoms with Crippen LogP contribution in [0.3, 0.4) is 0 Å². The Morgan fingerprint density at radius 3 is 1.56 bits per heavy atom. The maximum absolute atomic E-state index is 6.61. The van der Waals surface area contributed by atoms with E-state index in [0.29, 0.717) is 11.5 Å². The van der Waals surface area contributed by atoms with Crippen LogP contribution in [-0.2, 0) is 21.1 Å². The van der Waals surface area contributed by atoms with Crippen LogP contribution in [0.25, 0.3) is 88.2 Å². The summed E-state index contributed by atoms with van der Waals surface area (Å²) in [5, 5.41) is 6.20. The van der Waals surface area contributed by atoms with Crippen molar-refractivity contribution in [2.24, 2.45) is 0 Å². The fourth-order valence-electron chi connectivity index (χ4n) is 7.70. The second kappa shape index (κ2) is 11.9. The zero-order valence-electron chi connectivity index (χ0n) is 27.5. The molecule has 0 unspecified atom stereocenters. The summed E-state index contributed by atoms with van der Waals surface area (Å²) < 4.78 is 11.1. The molecule has 0 saturated heterocycles. The molecule has 4 aromatic heterocycles. The van der Waals surface area contributed by atoms with E-state index in [1.807, 2.05) is 30.3 Å². The smallest absolute Gasteiger partial charge is 0.497 e. The van der Waals surface area contributed by atoms with E-state index in [2.05, 4.69) is 148 Å². The molecule has 246 valence electrons. The van der Waals surface area contributed by atoms with Crippen LogP contribution in [-0.4, -0.2) is 18.8 Å². The number of pyridine rings is 2. The molecule has 0 spiro atoms. The maximum Gasteiger partial charge on any atom is 2.00 e. The summed E-state index contributed by atoms with van der Waals surface area (Å²) in [4.78, 5) is 10.4. The van der Waals surface area contributed by atoms with E-state index in [0.717, 1.165) is 88.2 Å². The number of ether oxygens (including phenoxy) is 1. The third kappa shape index (κ3) is 4.53. The van der Waals surface area contributed by atoms with Crippen LogP contribution in [0.1, 0.15) is 0 Å². The molecule has 0 aliphatic carbocycles. The van der Waals surface area contributed by atoms with Crippen LogP contribution in [0.2, 0.25) is 0 Å². The third-order valence-corrected chi connectivity index (χ3v) is 9.91. The topological polar surface area (TPSA) is 43.8 Å². The number of benzene rings is 7. The van der Waals surface area contributed by atoms with Gasteiger partial charge in [0.15, 0.2) is 0 Å². The molecule has 6 heteroatoms. The van der Waals surface area contributed by atoms with Gasteiger partial charge in [-0.3, -0.25) is 9.97 Å². The van der Waals surface area contributed by atoms with Gasteiger partial charge in [0, 0.05) is 28.1 Å². The van der Waals surface area contributed by atoms with Gasteiger partial charge in [0.1, 0.15) is 0 Å². The van der Waals surface area contributed by atoms with Crippen molar-refractivity contribution >= 4 is 65.7 Å². The zero-order chi connectivity index (χ0) is 33.5. The Hall–Kier alpha value is -6.29. The Kier molecular flexibility index (Phi) is 6.99. The van der Waals surface area contributed by atoms with Crippen LogP contribution >= 0.6 is 0 Å². The normalized spacial score (nSPS) is 11.7. The van der Waals surface area contributed by atoms with Crippen molar-refractivity contribution in [2.45, 2.75) is 0 Å². The quantitative estimate of drug-likeness (QED) is 0.131. The first-order valence-electron chi connectivity index (χ1n) is 17.0. The van der Waals surface area contributed by atoms with Crippen LogP contribution in [0.4, 0.5) is 0 Å². The second-order valence-electron chi connectivity index (χ2n) is 12.8. The molecule has 11 aromatic rings. The summed E-state index contributed by atoms with van der Waals surface area (Å²) in [6.07, 6.45) is 0. The van der Waals surface area contributed by atoms with Gasteiger partial charge in [-0.05, 0) is 40.6 Å². The van der Waals surface area contributed by atoms with Crippen molar-refractivity contribution in [1.82, 2.24) is 18.8 Å². The number of para-hydroxylation sites is 4. The third-order valence-electron chi connectivity index (χ3n) is 9.91. The first-order chi connectivity index (χ1) is 25.3. The molecular weight excluding hydrogens is 820 g/mol. The van der Waals surface area contributed by atoms with Crippen molar-refractivity contribution < 1.29 is 25.8 Å². The van der Waals surface area contributed by atoms with Crippen molar-refractivity contribution in [1.29, 1.82) is 0 Å². The first-order valence-corrected chi connectivity index (χ1v) is 17.0. The molecule has 52 heavy (non-hydrogen) atoms. The summed E-state index contributed by atoms with van der Waals surface area (Å²) in [6.45, 7) is 0. The van der Waals surface area contributed by atoms with E-state index in [1.54, 1.807) is 0 Å². The molecule has 5 nitrogen and oxygen atoms in total. The van der Waals surface area contributed by atoms with Crippen molar-refractivity contribution in [3.8, 4) is 34.0 Å². The van der Waals surface area contributed by atoms with E-state index in [4.69, 9.17) is 14.7 Å². The van der Waals surface area contributed by atoms with Gasteiger partial charge in [-0.25, -0.2) is 0 Å². The minimum atomic E-state index is 0. The molecule has 0 atom stereocenters. The molecule has 7 aromatic carbocycles. The fraction of sp³-hybridized carbons (Fsp3) is 0. The molecule has 0 amide bonds. The van der Waals surface area contributed by atoms with Gasteiger partial charge in [0.05, 0.1) is 33.7 Å². The van der Waals surface area contributed by atoms with Crippen LogP contribution in [0, 0.1) is 12.1 Å². The van der Waals surface area contributed by atoms with Gasteiger partial charge in [0.25, 0.3) is 0 Å². The zero-order valence-corrected chi connectivity index (χ0v) is 29.8. The molecule has 0 aliphatic heterocycles. The maximum atomic E-state index is 6.61. The van der Waals surface area contributed by atoms with E-state index >= 15 is 0 Å². The predicted octanol–water partition coefficient (Wildman–Crippen LogP) is 11.5. The summed E-state index contributed by atoms with van der Waals surface area (Å²) in [6, 6.07) is 61.6. The molecule has 0 N–H and O–H groups in total.